The molecular formula is C26H22N2O4S. The van der Waals surface area contributed by atoms with Gasteiger partial charge in [-0.05, 0) is 60.7 Å². The lowest BCUT2D eigenvalue weighted by Crippen LogP contribution is -2.23. The van der Waals surface area contributed by atoms with Crippen molar-refractivity contribution in [3.05, 3.63) is 100.0 Å². The quantitative estimate of drug-likeness (QED) is 0.493. The van der Waals surface area contributed by atoms with Crippen molar-refractivity contribution in [3.63, 3.8) is 0 Å². The Kier molecular flexibility index (Phi) is 6.60. The number of hydrogen-bond acceptors (Lipinski definition) is 5. The first-order valence-electron chi connectivity index (χ1n) is 10.3. The molecule has 1 aliphatic heterocycles. The van der Waals surface area contributed by atoms with E-state index in [9.17, 15) is 9.59 Å². The minimum Gasteiger partial charge on any atom is -0.488 e. The van der Waals surface area contributed by atoms with Gasteiger partial charge in [0.05, 0.1) is 16.2 Å². The van der Waals surface area contributed by atoms with E-state index >= 15 is 0 Å². The molecule has 0 radical (unpaired) electrons. The van der Waals surface area contributed by atoms with Gasteiger partial charge in [-0.2, -0.15) is 0 Å². The number of hydrogen-bond donors (Lipinski definition) is 1. The number of amides is 1. The van der Waals surface area contributed by atoms with E-state index in [-0.39, 0.29) is 11.5 Å². The van der Waals surface area contributed by atoms with E-state index in [1.54, 1.807) is 19.2 Å². The Labute approximate surface area is 196 Å². The second-order valence-electron chi connectivity index (χ2n) is 7.53. The average Bonchev–Trinajstić information content (AvgIpc) is 3.07. The number of para-hydroxylation sites is 1. The normalized spacial score (nSPS) is 15.9. The summed E-state index contributed by atoms with van der Waals surface area (Å²) in [4.78, 5) is 30.4. The molecule has 1 fully saturated rings. The smallest absolute Gasteiger partial charge is 0.335 e. The highest BCUT2D eigenvalue weighted by Gasteiger charge is 2.30. The highest BCUT2D eigenvalue weighted by atomic mass is 32.2. The van der Waals surface area contributed by atoms with Crippen molar-refractivity contribution < 1.29 is 19.4 Å². The van der Waals surface area contributed by atoms with E-state index in [4.69, 9.17) is 9.84 Å². The average molecular weight is 459 g/mol. The molecule has 0 saturated carbocycles. The van der Waals surface area contributed by atoms with Gasteiger partial charge < -0.3 is 9.84 Å². The van der Waals surface area contributed by atoms with Crippen molar-refractivity contribution in [2.75, 3.05) is 7.05 Å². The molecule has 0 bridgehead atoms. The molecule has 1 N–H and O–H groups in total. The van der Waals surface area contributed by atoms with Crippen LogP contribution in [0.1, 0.15) is 27.0 Å². The maximum Gasteiger partial charge on any atom is 0.335 e. The number of amidine groups is 1. The second kappa shape index (κ2) is 9.75. The number of thioether (sulfide) groups is 1. The molecule has 0 aliphatic carbocycles. The van der Waals surface area contributed by atoms with E-state index in [1.807, 2.05) is 61.5 Å². The van der Waals surface area contributed by atoms with Gasteiger partial charge in [0.2, 0.25) is 0 Å². The van der Waals surface area contributed by atoms with Crippen LogP contribution in [0, 0.1) is 6.92 Å². The molecule has 3 aromatic carbocycles. The maximum atomic E-state index is 12.8. The number of carboxylic acid groups (broad SMARTS) is 1. The van der Waals surface area contributed by atoms with Gasteiger partial charge in [-0.1, -0.05) is 48.0 Å². The van der Waals surface area contributed by atoms with Crippen LogP contribution in [0.3, 0.4) is 0 Å². The summed E-state index contributed by atoms with van der Waals surface area (Å²) in [6.45, 7) is 2.47. The number of rotatable bonds is 6. The number of benzene rings is 3. The topological polar surface area (TPSA) is 79.2 Å². The fourth-order valence-corrected chi connectivity index (χ4v) is 4.14. The Morgan fingerprint density at radius 3 is 2.45 bits per heavy atom. The van der Waals surface area contributed by atoms with Crippen molar-refractivity contribution in [2.24, 2.45) is 4.99 Å². The molecule has 6 nitrogen and oxygen atoms in total. The summed E-state index contributed by atoms with van der Waals surface area (Å²) < 4.78 is 6.03. The Bertz CT molecular complexity index is 1250. The van der Waals surface area contributed by atoms with Gasteiger partial charge in [-0.3, -0.25) is 9.69 Å². The lowest BCUT2D eigenvalue weighted by atomic mass is 10.1. The van der Waals surface area contributed by atoms with Crippen molar-refractivity contribution in [2.45, 2.75) is 13.5 Å². The van der Waals surface area contributed by atoms with Gasteiger partial charge in [0.25, 0.3) is 5.91 Å². The number of carbonyl (C=O) groups excluding carboxylic acids is 1. The summed E-state index contributed by atoms with van der Waals surface area (Å²) in [7, 11) is 1.67. The number of carbonyl (C=O) groups is 2. The van der Waals surface area contributed by atoms with Gasteiger partial charge in [0.1, 0.15) is 12.4 Å². The van der Waals surface area contributed by atoms with Crippen molar-refractivity contribution in [3.8, 4) is 5.75 Å². The number of ether oxygens (including phenoxy) is 1. The summed E-state index contributed by atoms with van der Waals surface area (Å²) in [6.07, 6.45) is 1.81. The number of aryl methyl sites for hydroxylation is 1. The van der Waals surface area contributed by atoms with Crippen LogP contribution in [-0.2, 0) is 11.4 Å². The minimum absolute atomic E-state index is 0.158. The Morgan fingerprint density at radius 1 is 1.06 bits per heavy atom. The summed E-state index contributed by atoms with van der Waals surface area (Å²) in [5.41, 5.74) is 3.83. The Morgan fingerprint density at radius 2 is 1.76 bits per heavy atom. The van der Waals surface area contributed by atoms with Crippen molar-refractivity contribution in [1.29, 1.82) is 0 Å². The molecule has 0 spiro atoms. The van der Waals surface area contributed by atoms with E-state index in [1.165, 1.54) is 34.4 Å². The lowest BCUT2D eigenvalue weighted by molar-refractivity contribution is -0.121. The monoisotopic (exact) mass is 458 g/mol. The van der Waals surface area contributed by atoms with Gasteiger partial charge >= 0.3 is 5.97 Å². The first-order valence-corrected chi connectivity index (χ1v) is 11.1. The number of aromatic carboxylic acids is 1. The molecule has 1 heterocycles. The first kappa shape index (κ1) is 22.4. The van der Waals surface area contributed by atoms with Gasteiger partial charge in [0, 0.05) is 12.6 Å². The minimum atomic E-state index is -0.995. The molecule has 3 aromatic rings. The Balaban J connectivity index is 1.53. The predicted octanol–water partition coefficient (Wildman–Crippen LogP) is 5.51. The molecule has 7 heteroatoms. The third-order valence-corrected chi connectivity index (χ3v) is 6.12. The largest absolute Gasteiger partial charge is 0.488 e. The van der Waals surface area contributed by atoms with E-state index in [2.05, 4.69) is 4.99 Å². The zero-order valence-corrected chi connectivity index (χ0v) is 19.0. The van der Waals surface area contributed by atoms with E-state index in [0.717, 1.165) is 11.1 Å². The van der Waals surface area contributed by atoms with Crippen LogP contribution < -0.4 is 4.74 Å². The fraction of sp³-hybridized carbons (Fsp3) is 0.115. The first-order chi connectivity index (χ1) is 15.9. The van der Waals surface area contributed by atoms with E-state index < -0.39 is 5.97 Å². The number of nitrogens with zero attached hydrogens (tertiary/aromatic N) is 2. The molecule has 1 aliphatic rings. The molecule has 1 amide bonds. The number of carboxylic acids is 1. The zero-order chi connectivity index (χ0) is 23.4. The van der Waals surface area contributed by atoms with Crippen LogP contribution in [0.4, 0.5) is 5.69 Å². The van der Waals surface area contributed by atoms with E-state index in [0.29, 0.717) is 28.1 Å². The number of aliphatic imine (C=N–C) groups is 1. The summed E-state index contributed by atoms with van der Waals surface area (Å²) in [6, 6.07) is 22.0. The van der Waals surface area contributed by atoms with Crippen LogP contribution in [-0.4, -0.2) is 34.1 Å². The lowest BCUT2D eigenvalue weighted by Gasteiger charge is -2.10. The number of likely N-dealkylation sites (N-methyl/N-ethyl adjacent to an activating group) is 1. The summed E-state index contributed by atoms with van der Waals surface area (Å²) in [5.74, 6) is -0.462. The van der Waals surface area contributed by atoms with Crippen molar-refractivity contribution >= 4 is 40.6 Å². The molecule has 0 unspecified atom stereocenters. The zero-order valence-electron chi connectivity index (χ0n) is 18.2. The van der Waals surface area contributed by atoms with Crippen LogP contribution in [0.5, 0.6) is 5.75 Å². The van der Waals surface area contributed by atoms with Crippen LogP contribution in [0.25, 0.3) is 6.08 Å². The standard InChI is InChI=1S/C26H22N2O4S/c1-17-7-9-18(10-8-17)16-32-22-6-4-3-5-20(22)15-23-24(29)28(2)26(33-23)27-21-13-11-19(12-14-21)25(30)31/h3-15H,16H2,1-2H3,(H,30,31). The van der Waals surface area contributed by atoms with Gasteiger partial charge in [-0.25, -0.2) is 9.79 Å². The third kappa shape index (κ3) is 5.32. The highest BCUT2D eigenvalue weighted by molar-refractivity contribution is 8.18. The summed E-state index contributed by atoms with van der Waals surface area (Å²) >= 11 is 1.27. The van der Waals surface area contributed by atoms with Gasteiger partial charge in [0.15, 0.2) is 5.17 Å². The molecule has 0 atom stereocenters. The third-order valence-electron chi connectivity index (χ3n) is 5.06. The molecule has 33 heavy (non-hydrogen) atoms. The SMILES string of the molecule is Cc1ccc(COc2ccccc2C=C2SC(=Nc3ccc(C(=O)O)cc3)N(C)C2=O)cc1. The summed E-state index contributed by atoms with van der Waals surface area (Å²) in [5, 5.41) is 9.56. The maximum absolute atomic E-state index is 12.8. The van der Waals surface area contributed by atoms with Gasteiger partial charge in [-0.15, -0.1) is 0 Å². The van der Waals surface area contributed by atoms with Crippen LogP contribution >= 0.6 is 11.8 Å². The molecular weight excluding hydrogens is 436 g/mol. The molecule has 4 rings (SSSR count). The second-order valence-corrected chi connectivity index (χ2v) is 8.54. The van der Waals surface area contributed by atoms with Crippen LogP contribution in [0.2, 0.25) is 0 Å². The van der Waals surface area contributed by atoms with Crippen LogP contribution in [0.15, 0.2) is 82.7 Å². The van der Waals surface area contributed by atoms with Crippen molar-refractivity contribution in [1.82, 2.24) is 4.90 Å². The predicted molar refractivity (Wildman–Crippen MR) is 131 cm³/mol. The molecule has 166 valence electrons. The molecule has 1 saturated heterocycles. The highest BCUT2D eigenvalue weighted by Crippen LogP contribution is 2.34. The molecule has 0 aromatic heterocycles. The fourth-order valence-electron chi connectivity index (χ4n) is 3.16. The Hall–Kier alpha value is -3.84.